The maximum absolute atomic E-state index is 10.4. The zero-order valence-corrected chi connectivity index (χ0v) is 13.4. The van der Waals surface area contributed by atoms with Crippen LogP contribution in [-0.4, -0.2) is 41.9 Å². The number of likely N-dealkylation sites (N-methyl/N-ethyl adjacent to an activating group) is 1. The first-order valence-corrected chi connectivity index (χ1v) is 7.90. The first-order chi connectivity index (χ1) is 10.5. The number of aliphatic hydroxyl groups excluding tert-OH is 1. The maximum Gasteiger partial charge on any atom is 0.178 e. The lowest BCUT2D eigenvalue weighted by Gasteiger charge is -2.29. The summed E-state index contributed by atoms with van der Waals surface area (Å²) in [6, 6.07) is 17.7. The normalized spacial score (nSPS) is 27.8. The van der Waals surface area contributed by atoms with Crippen molar-refractivity contribution in [2.75, 3.05) is 20.1 Å². The summed E-state index contributed by atoms with van der Waals surface area (Å²) in [6.07, 6.45) is -0.667. The fourth-order valence-corrected chi connectivity index (χ4v) is 3.36. The molecule has 2 aromatic carbocycles. The quantitative estimate of drug-likeness (QED) is 0.878. The van der Waals surface area contributed by atoms with E-state index in [1.54, 1.807) is 6.07 Å². The Kier molecular flexibility index (Phi) is 4.39. The standard InChI is InChI=1S/C18H21ClNO2/c1-20(11-14-6-3-2-4-7-14)12-17(21)18(13-20)22-16-9-5-8-15(19)10-16/h2-10,17-18,21H,11-13H2,1H3/q+1/t17-,18+,20?/m0/s1. The van der Waals surface area contributed by atoms with E-state index in [1.807, 2.05) is 36.4 Å². The molecule has 1 fully saturated rings. The number of ether oxygens (including phenoxy) is 1. The Morgan fingerprint density at radius 3 is 2.64 bits per heavy atom. The van der Waals surface area contributed by atoms with Crippen molar-refractivity contribution in [3.63, 3.8) is 0 Å². The molecule has 116 valence electrons. The highest BCUT2D eigenvalue weighted by atomic mass is 35.5. The van der Waals surface area contributed by atoms with Crippen LogP contribution in [0.2, 0.25) is 5.02 Å². The van der Waals surface area contributed by atoms with E-state index in [0.29, 0.717) is 17.3 Å². The third-order valence-electron chi connectivity index (χ3n) is 4.17. The Bertz CT molecular complexity index is 634. The van der Waals surface area contributed by atoms with E-state index in [4.69, 9.17) is 16.3 Å². The minimum absolute atomic E-state index is 0.202. The van der Waals surface area contributed by atoms with Gasteiger partial charge in [0.15, 0.2) is 6.10 Å². The fraction of sp³-hybridized carbons (Fsp3) is 0.333. The topological polar surface area (TPSA) is 29.5 Å². The smallest absolute Gasteiger partial charge is 0.178 e. The summed E-state index contributed by atoms with van der Waals surface area (Å²) in [5.74, 6) is 0.713. The van der Waals surface area contributed by atoms with Crippen LogP contribution in [0.4, 0.5) is 0 Å². The van der Waals surface area contributed by atoms with Crippen molar-refractivity contribution in [3.8, 4) is 5.75 Å². The van der Waals surface area contributed by atoms with E-state index in [2.05, 4.69) is 19.2 Å². The Balaban J connectivity index is 1.68. The Labute approximate surface area is 136 Å². The molecule has 0 saturated carbocycles. The predicted molar refractivity (Wildman–Crippen MR) is 87.9 cm³/mol. The number of halogens is 1. The number of quaternary nitrogens is 1. The minimum Gasteiger partial charge on any atom is -0.481 e. The number of nitrogens with zero attached hydrogens (tertiary/aromatic N) is 1. The molecule has 3 atom stereocenters. The van der Waals surface area contributed by atoms with Crippen molar-refractivity contribution in [2.24, 2.45) is 0 Å². The number of hydrogen-bond donors (Lipinski definition) is 1. The molecule has 0 spiro atoms. The zero-order chi connectivity index (χ0) is 15.6. The van der Waals surface area contributed by atoms with E-state index in [1.165, 1.54) is 5.56 Å². The average Bonchev–Trinajstić information content (AvgIpc) is 2.74. The number of aliphatic hydroxyl groups is 1. The second-order valence-corrected chi connectivity index (χ2v) is 6.75. The van der Waals surface area contributed by atoms with Crippen LogP contribution in [0.3, 0.4) is 0 Å². The van der Waals surface area contributed by atoms with Gasteiger partial charge in [0.25, 0.3) is 0 Å². The molecule has 0 bridgehead atoms. The first-order valence-electron chi connectivity index (χ1n) is 7.52. The van der Waals surface area contributed by atoms with E-state index in [0.717, 1.165) is 17.6 Å². The molecule has 1 N–H and O–H groups in total. The summed E-state index contributed by atoms with van der Waals surface area (Å²) in [6.45, 7) is 2.37. The summed E-state index contributed by atoms with van der Waals surface area (Å²) in [7, 11) is 2.16. The molecule has 3 rings (SSSR count). The fourth-order valence-electron chi connectivity index (χ4n) is 3.18. The summed E-state index contributed by atoms with van der Waals surface area (Å²) in [5, 5.41) is 11.0. The molecule has 0 aromatic heterocycles. The van der Waals surface area contributed by atoms with Crippen molar-refractivity contribution in [3.05, 3.63) is 65.2 Å². The molecule has 0 amide bonds. The Morgan fingerprint density at radius 2 is 1.91 bits per heavy atom. The van der Waals surface area contributed by atoms with Gasteiger partial charge in [0, 0.05) is 10.6 Å². The number of rotatable bonds is 4. The van der Waals surface area contributed by atoms with Gasteiger partial charge in [-0.15, -0.1) is 0 Å². The van der Waals surface area contributed by atoms with Gasteiger partial charge < -0.3 is 14.3 Å². The highest BCUT2D eigenvalue weighted by Gasteiger charge is 2.43. The Morgan fingerprint density at radius 1 is 1.14 bits per heavy atom. The van der Waals surface area contributed by atoms with Crippen molar-refractivity contribution < 1.29 is 14.3 Å². The van der Waals surface area contributed by atoms with Crippen molar-refractivity contribution in [1.82, 2.24) is 0 Å². The molecule has 1 unspecified atom stereocenters. The minimum atomic E-state index is -0.465. The molecular weight excluding hydrogens is 298 g/mol. The lowest BCUT2D eigenvalue weighted by molar-refractivity contribution is -0.913. The van der Waals surface area contributed by atoms with Crippen LogP contribution < -0.4 is 4.74 Å². The molecular formula is C18H21ClNO2+. The molecule has 1 aliphatic heterocycles. The third-order valence-corrected chi connectivity index (χ3v) is 4.40. The maximum atomic E-state index is 10.4. The lowest BCUT2D eigenvalue weighted by Crippen LogP contribution is -2.42. The lowest BCUT2D eigenvalue weighted by atomic mass is 10.2. The molecule has 0 radical (unpaired) electrons. The van der Waals surface area contributed by atoms with Crippen LogP contribution >= 0.6 is 11.6 Å². The van der Waals surface area contributed by atoms with E-state index >= 15 is 0 Å². The van der Waals surface area contributed by atoms with E-state index < -0.39 is 6.10 Å². The first kappa shape index (κ1) is 15.3. The van der Waals surface area contributed by atoms with Crippen molar-refractivity contribution in [1.29, 1.82) is 0 Å². The number of benzene rings is 2. The monoisotopic (exact) mass is 318 g/mol. The number of hydrogen-bond acceptors (Lipinski definition) is 2. The van der Waals surface area contributed by atoms with Gasteiger partial charge in [-0.25, -0.2) is 0 Å². The molecule has 1 aliphatic rings. The van der Waals surface area contributed by atoms with Crippen LogP contribution in [0.1, 0.15) is 5.56 Å². The molecule has 22 heavy (non-hydrogen) atoms. The molecule has 4 heteroatoms. The average molecular weight is 319 g/mol. The van der Waals surface area contributed by atoms with E-state index in [-0.39, 0.29) is 6.10 Å². The molecule has 2 aromatic rings. The van der Waals surface area contributed by atoms with Crippen LogP contribution in [0, 0.1) is 0 Å². The third kappa shape index (κ3) is 3.61. The van der Waals surface area contributed by atoms with Gasteiger partial charge in [-0.3, -0.25) is 0 Å². The molecule has 1 saturated heterocycles. The van der Waals surface area contributed by atoms with Gasteiger partial charge >= 0.3 is 0 Å². The van der Waals surface area contributed by atoms with Crippen LogP contribution in [-0.2, 0) is 6.54 Å². The zero-order valence-electron chi connectivity index (χ0n) is 12.7. The van der Waals surface area contributed by atoms with Crippen molar-refractivity contribution in [2.45, 2.75) is 18.8 Å². The predicted octanol–water partition coefficient (Wildman–Crippen LogP) is 3.11. The summed E-state index contributed by atoms with van der Waals surface area (Å²) < 4.78 is 6.73. The highest BCUT2D eigenvalue weighted by molar-refractivity contribution is 6.30. The summed E-state index contributed by atoms with van der Waals surface area (Å²) in [5.41, 5.74) is 1.28. The van der Waals surface area contributed by atoms with E-state index in [9.17, 15) is 5.11 Å². The number of likely N-dealkylation sites (tertiary alicyclic amines) is 1. The van der Waals surface area contributed by atoms with Gasteiger partial charge in [-0.05, 0) is 18.2 Å². The van der Waals surface area contributed by atoms with Gasteiger partial charge in [-0.1, -0.05) is 48.0 Å². The highest BCUT2D eigenvalue weighted by Crippen LogP contribution is 2.26. The van der Waals surface area contributed by atoms with Crippen LogP contribution in [0.25, 0.3) is 0 Å². The van der Waals surface area contributed by atoms with Crippen LogP contribution in [0.15, 0.2) is 54.6 Å². The molecule has 3 nitrogen and oxygen atoms in total. The largest absolute Gasteiger partial charge is 0.481 e. The Hall–Kier alpha value is -1.55. The summed E-state index contributed by atoms with van der Waals surface area (Å²) >= 11 is 5.98. The second kappa shape index (κ2) is 6.29. The van der Waals surface area contributed by atoms with Crippen molar-refractivity contribution >= 4 is 11.6 Å². The van der Waals surface area contributed by atoms with Crippen LogP contribution in [0.5, 0.6) is 5.75 Å². The van der Waals surface area contributed by atoms with Gasteiger partial charge in [-0.2, -0.15) is 0 Å². The SMILES string of the molecule is C[N+]1(Cc2ccccc2)C[C@H](O)[C@H](Oc2cccc(Cl)c2)C1. The molecule has 0 aliphatic carbocycles. The van der Waals surface area contributed by atoms with Gasteiger partial charge in [0.2, 0.25) is 0 Å². The summed E-state index contributed by atoms with van der Waals surface area (Å²) in [4.78, 5) is 0. The molecule has 1 heterocycles. The second-order valence-electron chi connectivity index (χ2n) is 6.31. The van der Waals surface area contributed by atoms with Gasteiger partial charge in [0.1, 0.15) is 31.5 Å². The van der Waals surface area contributed by atoms with Gasteiger partial charge in [0.05, 0.1) is 7.05 Å².